The summed E-state index contributed by atoms with van der Waals surface area (Å²) in [6, 6.07) is -0.376. The maximum atomic E-state index is 11.7. The highest BCUT2D eigenvalue weighted by molar-refractivity contribution is 7.91. The molecule has 0 radical (unpaired) electrons. The van der Waals surface area contributed by atoms with Gasteiger partial charge in [0.2, 0.25) is 0 Å². The van der Waals surface area contributed by atoms with Gasteiger partial charge in [-0.25, -0.2) is 8.42 Å². The lowest BCUT2D eigenvalue weighted by molar-refractivity contribution is -0.138. The number of aliphatic carboxylic acids is 1. The van der Waals surface area contributed by atoms with Crippen LogP contribution in [-0.2, 0) is 19.4 Å². The van der Waals surface area contributed by atoms with E-state index in [1.807, 2.05) is 25.7 Å². The molecule has 0 amide bonds. The Labute approximate surface area is 121 Å². The average Bonchev–Trinajstić information content (AvgIpc) is 2.26. The third-order valence-electron chi connectivity index (χ3n) is 3.89. The van der Waals surface area contributed by atoms with Gasteiger partial charge in [0.1, 0.15) is 0 Å². The lowest BCUT2D eigenvalue weighted by atomic mass is 9.97. The largest absolute Gasteiger partial charge is 0.481 e. The van der Waals surface area contributed by atoms with E-state index in [1.54, 1.807) is 7.11 Å². The molecule has 1 rings (SSSR count). The van der Waals surface area contributed by atoms with Gasteiger partial charge in [0.05, 0.1) is 23.5 Å². The molecule has 118 valence electrons. The van der Waals surface area contributed by atoms with Gasteiger partial charge in [-0.1, -0.05) is 0 Å². The number of hydrogen-bond acceptors (Lipinski definition) is 5. The Balaban J connectivity index is 2.82. The number of rotatable bonds is 6. The van der Waals surface area contributed by atoms with Crippen molar-refractivity contribution in [3.63, 3.8) is 0 Å². The number of carboxylic acids is 1. The van der Waals surface area contributed by atoms with Crippen LogP contribution in [-0.4, -0.2) is 67.2 Å². The summed E-state index contributed by atoms with van der Waals surface area (Å²) >= 11 is 0. The Bertz CT molecular complexity index is 446. The van der Waals surface area contributed by atoms with E-state index in [-0.39, 0.29) is 29.6 Å². The second kappa shape index (κ2) is 6.41. The van der Waals surface area contributed by atoms with E-state index in [0.717, 1.165) is 6.42 Å². The predicted octanol–water partition coefficient (Wildman–Crippen LogP) is 0.764. The van der Waals surface area contributed by atoms with Crippen LogP contribution in [0.1, 0.15) is 33.6 Å². The second-order valence-corrected chi connectivity index (χ2v) is 8.35. The lowest BCUT2D eigenvalue weighted by Crippen LogP contribution is -2.54. The van der Waals surface area contributed by atoms with Gasteiger partial charge in [-0.2, -0.15) is 0 Å². The average molecular weight is 307 g/mol. The van der Waals surface area contributed by atoms with Gasteiger partial charge in [-0.3, -0.25) is 9.69 Å². The van der Waals surface area contributed by atoms with E-state index in [4.69, 9.17) is 9.84 Å². The van der Waals surface area contributed by atoms with Crippen molar-refractivity contribution >= 4 is 15.8 Å². The van der Waals surface area contributed by atoms with Crippen LogP contribution in [0.2, 0.25) is 0 Å². The molecule has 20 heavy (non-hydrogen) atoms. The number of carbonyl (C=O) groups is 1. The van der Waals surface area contributed by atoms with Gasteiger partial charge in [0.25, 0.3) is 0 Å². The van der Waals surface area contributed by atoms with Gasteiger partial charge in [0.15, 0.2) is 9.84 Å². The zero-order valence-corrected chi connectivity index (χ0v) is 13.4. The third kappa shape index (κ3) is 5.03. The SMILES string of the molecule is COC(C)(C)CC(C)N1CCS(=O)(=O)CC1CC(=O)O. The molecule has 1 fully saturated rings. The maximum absolute atomic E-state index is 11.7. The van der Waals surface area contributed by atoms with Crippen LogP contribution in [0.5, 0.6) is 0 Å². The minimum atomic E-state index is -3.13. The molecule has 2 unspecified atom stereocenters. The Morgan fingerprint density at radius 2 is 2.10 bits per heavy atom. The van der Waals surface area contributed by atoms with Crippen LogP contribution in [0.3, 0.4) is 0 Å². The summed E-state index contributed by atoms with van der Waals surface area (Å²) in [6.07, 6.45) is 0.580. The zero-order chi connectivity index (χ0) is 15.6. The Morgan fingerprint density at radius 3 is 2.60 bits per heavy atom. The van der Waals surface area contributed by atoms with E-state index < -0.39 is 21.8 Å². The number of methoxy groups -OCH3 is 1. The molecule has 0 aromatic carbocycles. The van der Waals surface area contributed by atoms with Crippen LogP contribution < -0.4 is 0 Å². The molecule has 0 aromatic rings. The molecule has 1 N–H and O–H groups in total. The fraction of sp³-hybridized carbons (Fsp3) is 0.923. The van der Waals surface area contributed by atoms with Crippen molar-refractivity contribution in [3.8, 4) is 0 Å². The fourth-order valence-electron chi connectivity index (χ4n) is 2.77. The molecule has 1 aliphatic rings. The predicted molar refractivity (Wildman–Crippen MR) is 76.6 cm³/mol. The van der Waals surface area contributed by atoms with Gasteiger partial charge < -0.3 is 9.84 Å². The standard InChI is InChI=1S/C13H25NO5S/c1-10(8-13(2,3)19-4)14-5-6-20(17,18)9-11(14)7-12(15)16/h10-11H,5-9H2,1-4H3,(H,15,16). The molecule has 7 heteroatoms. The van der Waals surface area contributed by atoms with Crippen molar-refractivity contribution in [2.45, 2.75) is 51.3 Å². The minimum absolute atomic E-state index is 0.0724. The first-order valence-corrected chi connectivity index (χ1v) is 8.61. The van der Waals surface area contributed by atoms with Crippen LogP contribution in [0.4, 0.5) is 0 Å². The number of hydrogen-bond donors (Lipinski definition) is 1. The molecule has 1 aliphatic heterocycles. The summed E-state index contributed by atoms with van der Waals surface area (Å²) in [5, 5.41) is 8.97. The highest BCUT2D eigenvalue weighted by Gasteiger charge is 2.36. The summed E-state index contributed by atoms with van der Waals surface area (Å²) < 4.78 is 28.8. The normalized spacial score (nSPS) is 25.3. The highest BCUT2D eigenvalue weighted by Crippen LogP contribution is 2.24. The van der Waals surface area contributed by atoms with Gasteiger partial charge in [0, 0.05) is 25.7 Å². The molecule has 2 atom stereocenters. The highest BCUT2D eigenvalue weighted by atomic mass is 32.2. The molecule has 6 nitrogen and oxygen atoms in total. The Morgan fingerprint density at radius 1 is 1.50 bits per heavy atom. The smallest absolute Gasteiger partial charge is 0.304 e. The number of nitrogens with zero attached hydrogens (tertiary/aromatic N) is 1. The molecule has 0 bridgehead atoms. The first-order chi connectivity index (χ1) is 9.06. The summed E-state index contributed by atoms with van der Waals surface area (Å²) in [7, 11) is -1.49. The molecule has 0 spiro atoms. The minimum Gasteiger partial charge on any atom is -0.481 e. The van der Waals surface area contributed by atoms with Crippen LogP contribution in [0.15, 0.2) is 0 Å². The van der Waals surface area contributed by atoms with E-state index in [2.05, 4.69) is 0 Å². The molecular formula is C13H25NO5S. The molecule has 1 heterocycles. The number of sulfone groups is 1. The fourth-order valence-corrected chi connectivity index (χ4v) is 4.32. The molecule has 0 aliphatic carbocycles. The topological polar surface area (TPSA) is 83.9 Å². The quantitative estimate of drug-likeness (QED) is 0.780. The lowest BCUT2D eigenvalue weighted by Gasteiger charge is -2.41. The van der Waals surface area contributed by atoms with Crippen molar-refractivity contribution in [1.82, 2.24) is 4.90 Å². The van der Waals surface area contributed by atoms with Crippen molar-refractivity contribution in [2.24, 2.45) is 0 Å². The Hall–Kier alpha value is -0.660. The Kier molecular flexibility index (Phi) is 5.57. The summed E-state index contributed by atoms with van der Waals surface area (Å²) in [5.41, 5.74) is -0.316. The zero-order valence-electron chi connectivity index (χ0n) is 12.6. The molecule has 0 aromatic heterocycles. The van der Waals surface area contributed by atoms with Gasteiger partial charge in [-0.15, -0.1) is 0 Å². The molecule has 0 saturated carbocycles. The van der Waals surface area contributed by atoms with Gasteiger partial charge >= 0.3 is 5.97 Å². The maximum Gasteiger partial charge on any atom is 0.304 e. The van der Waals surface area contributed by atoms with Crippen molar-refractivity contribution < 1.29 is 23.1 Å². The molecular weight excluding hydrogens is 282 g/mol. The van der Waals surface area contributed by atoms with Crippen molar-refractivity contribution in [1.29, 1.82) is 0 Å². The van der Waals surface area contributed by atoms with Gasteiger partial charge in [-0.05, 0) is 27.2 Å². The van der Waals surface area contributed by atoms with Crippen LogP contribution in [0.25, 0.3) is 0 Å². The molecule has 1 saturated heterocycles. The van der Waals surface area contributed by atoms with E-state index >= 15 is 0 Å². The van der Waals surface area contributed by atoms with Crippen molar-refractivity contribution in [2.75, 3.05) is 25.2 Å². The van der Waals surface area contributed by atoms with E-state index in [9.17, 15) is 13.2 Å². The van der Waals surface area contributed by atoms with E-state index in [1.165, 1.54) is 0 Å². The summed E-state index contributed by atoms with van der Waals surface area (Å²) in [5.74, 6) is -0.937. The monoisotopic (exact) mass is 307 g/mol. The number of carboxylic acid groups (broad SMARTS) is 1. The number of ether oxygens (including phenoxy) is 1. The van der Waals surface area contributed by atoms with E-state index in [0.29, 0.717) is 6.54 Å². The summed E-state index contributed by atoms with van der Waals surface area (Å²) in [6.45, 7) is 6.32. The van der Waals surface area contributed by atoms with Crippen molar-refractivity contribution in [3.05, 3.63) is 0 Å². The van der Waals surface area contributed by atoms with Crippen LogP contribution >= 0.6 is 0 Å². The van der Waals surface area contributed by atoms with Crippen LogP contribution in [0, 0.1) is 0 Å². The first kappa shape index (κ1) is 17.4. The summed E-state index contributed by atoms with van der Waals surface area (Å²) in [4.78, 5) is 12.9. The third-order valence-corrected chi connectivity index (χ3v) is 5.59. The second-order valence-electron chi connectivity index (χ2n) is 6.12. The first-order valence-electron chi connectivity index (χ1n) is 6.79.